The second kappa shape index (κ2) is 3.37. The summed E-state index contributed by atoms with van der Waals surface area (Å²) in [5.41, 5.74) is -8.92. The molecule has 0 saturated heterocycles. The topological polar surface area (TPSA) is 37.3 Å². The number of halogens is 9. The molecule has 1 N–H and O–H groups in total. The minimum absolute atomic E-state index is 1.93. The van der Waals surface area contributed by atoms with E-state index >= 15 is 0 Å². The SMILES string of the molecule is C=C(C(=O)O)C1(F)C(F)(F)C(F)(F)C(F)(F)C1(F)F. The van der Waals surface area contributed by atoms with Gasteiger partial charge in [-0.2, -0.15) is 35.1 Å². The quantitative estimate of drug-likeness (QED) is 0.629. The van der Waals surface area contributed by atoms with Crippen molar-refractivity contribution < 1.29 is 49.4 Å². The van der Waals surface area contributed by atoms with E-state index in [1.807, 2.05) is 6.58 Å². The van der Waals surface area contributed by atoms with Gasteiger partial charge >= 0.3 is 29.7 Å². The van der Waals surface area contributed by atoms with E-state index < -0.39 is 40.9 Å². The van der Waals surface area contributed by atoms with Gasteiger partial charge in [0.05, 0.1) is 5.57 Å². The average molecular weight is 302 g/mol. The van der Waals surface area contributed by atoms with Crippen molar-refractivity contribution in [2.24, 2.45) is 0 Å². The van der Waals surface area contributed by atoms with E-state index in [2.05, 4.69) is 0 Å². The minimum Gasteiger partial charge on any atom is -0.478 e. The van der Waals surface area contributed by atoms with Gasteiger partial charge in [0.2, 0.25) is 0 Å². The van der Waals surface area contributed by atoms with E-state index in [9.17, 15) is 44.3 Å². The summed E-state index contributed by atoms with van der Waals surface area (Å²) in [4.78, 5) is 10.2. The van der Waals surface area contributed by atoms with Crippen LogP contribution >= 0.6 is 0 Å². The van der Waals surface area contributed by atoms with Crippen LogP contribution in [-0.4, -0.2) is 40.4 Å². The largest absolute Gasteiger partial charge is 0.478 e. The third kappa shape index (κ3) is 1.23. The molecule has 2 nitrogen and oxygen atoms in total. The van der Waals surface area contributed by atoms with E-state index in [1.54, 1.807) is 0 Å². The fourth-order valence-corrected chi connectivity index (χ4v) is 1.55. The predicted molar refractivity (Wildman–Crippen MR) is 40.4 cm³/mol. The molecule has 1 aliphatic rings. The molecule has 0 aromatic carbocycles. The molecule has 0 bridgehead atoms. The molecule has 11 heteroatoms. The Bertz CT molecular complexity index is 427. The number of carboxylic acids is 1. The van der Waals surface area contributed by atoms with Gasteiger partial charge in [0.25, 0.3) is 5.67 Å². The van der Waals surface area contributed by atoms with Crippen LogP contribution in [0.5, 0.6) is 0 Å². The summed E-state index contributed by atoms with van der Waals surface area (Å²) < 4.78 is 116. The van der Waals surface area contributed by atoms with Gasteiger partial charge in [0.15, 0.2) is 0 Å². The third-order valence-corrected chi connectivity index (χ3v) is 2.72. The number of carboxylic acid groups (broad SMARTS) is 1. The molecule has 1 aliphatic carbocycles. The first-order chi connectivity index (χ1) is 8.10. The molecule has 0 atom stereocenters. The summed E-state index contributed by atoms with van der Waals surface area (Å²) in [7, 11) is 0. The first-order valence-electron chi connectivity index (χ1n) is 4.23. The van der Waals surface area contributed by atoms with Crippen molar-refractivity contribution >= 4 is 5.97 Å². The monoisotopic (exact) mass is 302 g/mol. The molecular weight excluding hydrogens is 299 g/mol. The van der Waals surface area contributed by atoms with Crippen LogP contribution in [0.3, 0.4) is 0 Å². The van der Waals surface area contributed by atoms with E-state index in [1.165, 1.54) is 0 Å². The molecule has 0 spiro atoms. The number of carbonyl (C=O) groups is 1. The minimum atomic E-state index is -6.80. The smallest absolute Gasteiger partial charge is 0.382 e. The lowest BCUT2D eigenvalue weighted by molar-refractivity contribution is -0.303. The van der Waals surface area contributed by atoms with E-state index in [4.69, 9.17) is 5.11 Å². The van der Waals surface area contributed by atoms with E-state index in [-0.39, 0.29) is 0 Å². The Labute approximate surface area is 98.0 Å². The maximum atomic E-state index is 13.6. The molecule has 110 valence electrons. The Balaban J connectivity index is 3.75. The van der Waals surface area contributed by atoms with Crippen molar-refractivity contribution in [3.8, 4) is 0 Å². The Hall–Kier alpha value is -1.42. The maximum absolute atomic E-state index is 13.6. The standard InChI is InChI=1S/C8H3F9O2/c1-2(3(18)19)4(9)5(10,11)7(14,15)8(16,17)6(4,12)13/h1H2,(H,18,19). The lowest BCUT2D eigenvalue weighted by atomic mass is 9.89. The van der Waals surface area contributed by atoms with Gasteiger partial charge in [-0.3, -0.25) is 0 Å². The van der Waals surface area contributed by atoms with Gasteiger partial charge in [0.1, 0.15) is 0 Å². The second-order valence-corrected chi connectivity index (χ2v) is 3.74. The van der Waals surface area contributed by atoms with Crippen LogP contribution in [0.1, 0.15) is 0 Å². The predicted octanol–water partition coefficient (Wildman–Crippen LogP) is 2.89. The zero-order valence-electron chi connectivity index (χ0n) is 8.46. The normalized spacial score (nSPS) is 28.9. The summed E-state index contributed by atoms with van der Waals surface area (Å²) >= 11 is 0. The number of aliphatic carboxylic acids is 1. The van der Waals surface area contributed by atoms with Crippen molar-refractivity contribution in [2.75, 3.05) is 0 Å². The summed E-state index contributed by atoms with van der Waals surface area (Å²) in [6, 6.07) is 0. The van der Waals surface area contributed by atoms with Crippen LogP contribution in [0, 0.1) is 0 Å². The van der Waals surface area contributed by atoms with Crippen LogP contribution in [0.15, 0.2) is 12.2 Å². The summed E-state index contributed by atoms with van der Waals surface area (Å²) in [6.07, 6.45) is 0. The number of alkyl halides is 9. The van der Waals surface area contributed by atoms with Gasteiger partial charge in [-0.05, 0) is 0 Å². The van der Waals surface area contributed by atoms with Crippen LogP contribution in [0.2, 0.25) is 0 Å². The first-order valence-corrected chi connectivity index (χ1v) is 4.23. The van der Waals surface area contributed by atoms with Crippen molar-refractivity contribution in [2.45, 2.75) is 29.4 Å². The van der Waals surface area contributed by atoms with Crippen LogP contribution < -0.4 is 0 Å². The number of hydrogen-bond acceptors (Lipinski definition) is 1. The van der Waals surface area contributed by atoms with Gasteiger partial charge in [0, 0.05) is 0 Å². The maximum Gasteiger partial charge on any atom is 0.382 e. The molecule has 0 amide bonds. The van der Waals surface area contributed by atoms with Gasteiger partial charge in [-0.25, -0.2) is 9.18 Å². The highest BCUT2D eigenvalue weighted by molar-refractivity contribution is 5.89. The summed E-state index contributed by atoms with van der Waals surface area (Å²) in [5, 5.41) is 8.12. The van der Waals surface area contributed by atoms with Crippen molar-refractivity contribution in [1.29, 1.82) is 0 Å². The van der Waals surface area contributed by atoms with Gasteiger partial charge < -0.3 is 5.11 Å². The van der Waals surface area contributed by atoms with Crippen LogP contribution in [0.4, 0.5) is 39.5 Å². The second-order valence-electron chi connectivity index (χ2n) is 3.74. The average Bonchev–Trinajstić information content (AvgIpc) is 2.28. The molecule has 1 saturated carbocycles. The van der Waals surface area contributed by atoms with Gasteiger partial charge in [-0.15, -0.1) is 0 Å². The zero-order valence-corrected chi connectivity index (χ0v) is 8.46. The lowest BCUT2D eigenvalue weighted by Crippen LogP contribution is -2.57. The molecule has 0 aromatic rings. The molecule has 1 fully saturated rings. The molecule has 0 radical (unpaired) electrons. The molecular formula is C8H3F9O2. The number of rotatable bonds is 2. The summed E-state index contributed by atoms with van der Waals surface area (Å²) in [6.45, 7) is 1.93. The van der Waals surface area contributed by atoms with Crippen LogP contribution in [-0.2, 0) is 4.79 Å². The fourth-order valence-electron chi connectivity index (χ4n) is 1.55. The Morgan fingerprint density at radius 2 is 1.00 bits per heavy atom. The first kappa shape index (κ1) is 15.6. The Morgan fingerprint density at radius 1 is 0.737 bits per heavy atom. The molecule has 0 aliphatic heterocycles. The summed E-state index contributed by atoms with van der Waals surface area (Å²) in [5.74, 6) is -29.8. The molecule has 0 unspecified atom stereocenters. The number of hydrogen-bond donors (Lipinski definition) is 1. The molecule has 1 rings (SSSR count). The third-order valence-electron chi connectivity index (χ3n) is 2.72. The Kier molecular flexibility index (Phi) is 2.77. The highest BCUT2D eigenvalue weighted by Gasteiger charge is 3.01. The highest BCUT2D eigenvalue weighted by Crippen LogP contribution is 2.70. The molecule has 19 heavy (non-hydrogen) atoms. The molecule has 0 aromatic heterocycles. The molecule has 0 heterocycles. The van der Waals surface area contributed by atoms with E-state index in [0.717, 1.165) is 0 Å². The zero-order chi connectivity index (χ0) is 15.7. The van der Waals surface area contributed by atoms with Crippen molar-refractivity contribution in [3.05, 3.63) is 12.2 Å². The fraction of sp³-hybridized carbons (Fsp3) is 0.625. The lowest BCUT2D eigenvalue weighted by Gasteiger charge is -2.30. The highest BCUT2D eigenvalue weighted by atomic mass is 19.4. The Morgan fingerprint density at radius 3 is 1.21 bits per heavy atom. The van der Waals surface area contributed by atoms with Crippen LogP contribution in [0.25, 0.3) is 0 Å². The van der Waals surface area contributed by atoms with Gasteiger partial charge in [-0.1, -0.05) is 6.58 Å². The van der Waals surface area contributed by atoms with E-state index in [0.29, 0.717) is 0 Å². The van der Waals surface area contributed by atoms with Crippen molar-refractivity contribution in [3.63, 3.8) is 0 Å². The van der Waals surface area contributed by atoms with Crippen molar-refractivity contribution in [1.82, 2.24) is 0 Å².